The van der Waals surface area contributed by atoms with E-state index in [0.717, 1.165) is 30.5 Å². The number of anilines is 1. The average molecular weight is 232 g/mol. The van der Waals surface area contributed by atoms with Crippen molar-refractivity contribution in [3.05, 3.63) is 29.8 Å². The minimum absolute atomic E-state index is 0.0686. The minimum Gasteiger partial charge on any atom is -0.324 e. The van der Waals surface area contributed by atoms with E-state index in [2.05, 4.69) is 12.2 Å². The predicted molar refractivity (Wildman–Crippen MR) is 69.8 cm³/mol. The van der Waals surface area contributed by atoms with Crippen LogP contribution in [0, 0.1) is 5.92 Å². The summed E-state index contributed by atoms with van der Waals surface area (Å²) in [5.74, 6) is 0.275. The molecule has 0 saturated heterocycles. The zero-order chi connectivity index (χ0) is 12.5. The number of para-hydroxylation sites is 1. The quantitative estimate of drug-likeness (QED) is 0.837. The number of nitrogens with one attached hydrogen (secondary N) is 1. The van der Waals surface area contributed by atoms with E-state index < -0.39 is 5.54 Å². The van der Waals surface area contributed by atoms with Gasteiger partial charge in [0.05, 0.1) is 5.54 Å². The molecule has 1 aromatic rings. The Bertz CT molecular complexity index is 422. The van der Waals surface area contributed by atoms with Crippen LogP contribution in [0.1, 0.15) is 32.3 Å². The molecule has 92 valence electrons. The first-order chi connectivity index (χ1) is 8.05. The van der Waals surface area contributed by atoms with Crippen LogP contribution in [0.5, 0.6) is 0 Å². The molecule has 0 aromatic heterocycles. The number of amides is 1. The van der Waals surface area contributed by atoms with E-state index in [4.69, 9.17) is 5.73 Å². The molecule has 1 aliphatic carbocycles. The maximum atomic E-state index is 12.1. The van der Waals surface area contributed by atoms with Crippen LogP contribution < -0.4 is 11.1 Å². The molecule has 0 heterocycles. The Hall–Kier alpha value is -1.35. The second-order valence-corrected chi connectivity index (χ2v) is 5.02. The van der Waals surface area contributed by atoms with Gasteiger partial charge in [-0.25, -0.2) is 0 Å². The third-order valence-electron chi connectivity index (χ3n) is 3.56. The highest BCUT2D eigenvalue weighted by atomic mass is 16.2. The summed E-state index contributed by atoms with van der Waals surface area (Å²) in [5.41, 5.74) is 7.39. The molecule has 0 radical (unpaired) electrons. The highest BCUT2D eigenvalue weighted by Crippen LogP contribution is 2.38. The first-order valence-electron chi connectivity index (χ1n) is 6.24. The van der Waals surface area contributed by atoms with Gasteiger partial charge in [-0.1, -0.05) is 25.1 Å². The van der Waals surface area contributed by atoms with Crippen LogP contribution in [0.25, 0.3) is 0 Å². The summed E-state index contributed by atoms with van der Waals surface area (Å²) in [6, 6.07) is 7.87. The van der Waals surface area contributed by atoms with Gasteiger partial charge in [-0.2, -0.15) is 0 Å². The number of hydrogen-bond acceptors (Lipinski definition) is 2. The Kier molecular flexibility index (Phi) is 3.20. The molecule has 1 aliphatic rings. The monoisotopic (exact) mass is 232 g/mol. The number of rotatable bonds is 4. The summed E-state index contributed by atoms with van der Waals surface area (Å²) >= 11 is 0. The number of hydrogen-bond donors (Lipinski definition) is 2. The van der Waals surface area contributed by atoms with Gasteiger partial charge in [0.25, 0.3) is 0 Å². The van der Waals surface area contributed by atoms with Crippen LogP contribution >= 0.6 is 0 Å². The third kappa shape index (κ3) is 2.50. The van der Waals surface area contributed by atoms with E-state index in [1.807, 2.05) is 31.2 Å². The molecule has 0 aliphatic heterocycles. The Balaban J connectivity index is 2.12. The van der Waals surface area contributed by atoms with Gasteiger partial charge in [0.1, 0.15) is 0 Å². The van der Waals surface area contributed by atoms with Crippen molar-refractivity contribution in [1.29, 1.82) is 0 Å². The van der Waals surface area contributed by atoms with Crippen LogP contribution in [0.2, 0.25) is 0 Å². The number of carbonyl (C=O) groups is 1. The smallest absolute Gasteiger partial charge is 0.244 e. The van der Waals surface area contributed by atoms with Gasteiger partial charge in [0.2, 0.25) is 5.91 Å². The molecule has 0 bridgehead atoms. The second kappa shape index (κ2) is 4.49. The summed E-state index contributed by atoms with van der Waals surface area (Å²) in [6.07, 6.45) is 3.03. The van der Waals surface area contributed by atoms with Crippen LogP contribution in [-0.2, 0) is 11.2 Å². The SMILES string of the molecule is CCc1ccccc1NC(=O)C(C)(N)C1CC1. The van der Waals surface area contributed by atoms with E-state index in [1.54, 1.807) is 0 Å². The average Bonchev–Trinajstić information content (AvgIpc) is 3.13. The first kappa shape index (κ1) is 12.1. The fraction of sp³-hybridized carbons (Fsp3) is 0.500. The van der Waals surface area contributed by atoms with Gasteiger partial charge in [-0.3, -0.25) is 4.79 Å². The highest BCUT2D eigenvalue weighted by Gasteiger charge is 2.44. The normalized spacial score (nSPS) is 18.5. The van der Waals surface area contributed by atoms with Crippen LogP contribution in [0.3, 0.4) is 0 Å². The van der Waals surface area contributed by atoms with Crippen molar-refractivity contribution >= 4 is 11.6 Å². The Labute approximate surface area is 102 Å². The topological polar surface area (TPSA) is 55.1 Å². The van der Waals surface area contributed by atoms with Crippen molar-refractivity contribution in [3.8, 4) is 0 Å². The molecular weight excluding hydrogens is 212 g/mol. The summed E-state index contributed by atoms with van der Waals surface area (Å²) < 4.78 is 0. The maximum Gasteiger partial charge on any atom is 0.244 e. The van der Waals surface area contributed by atoms with Crippen LogP contribution in [0.4, 0.5) is 5.69 Å². The lowest BCUT2D eigenvalue weighted by Gasteiger charge is -2.23. The van der Waals surface area contributed by atoms with Crippen molar-refractivity contribution in [2.45, 2.75) is 38.6 Å². The van der Waals surface area contributed by atoms with Gasteiger partial charge in [0.15, 0.2) is 0 Å². The van der Waals surface area contributed by atoms with E-state index in [1.165, 1.54) is 0 Å². The Morgan fingerprint density at radius 1 is 1.47 bits per heavy atom. The van der Waals surface area contributed by atoms with Crippen molar-refractivity contribution < 1.29 is 4.79 Å². The predicted octanol–water partition coefficient (Wildman–Crippen LogP) is 2.31. The largest absolute Gasteiger partial charge is 0.324 e. The standard InChI is InChI=1S/C14H20N2O/c1-3-10-6-4-5-7-12(10)16-13(17)14(2,15)11-8-9-11/h4-7,11H,3,8-9,15H2,1-2H3,(H,16,17). The van der Waals surface area contributed by atoms with Crippen LogP contribution in [0.15, 0.2) is 24.3 Å². The van der Waals surface area contributed by atoms with Gasteiger partial charge >= 0.3 is 0 Å². The number of aryl methyl sites for hydroxylation is 1. The summed E-state index contributed by atoms with van der Waals surface area (Å²) in [5, 5.41) is 2.96. The Morgan fingerprint density at radius 3 is 2.71 bits per heavy atom. The van der Waals surface area contributed by atoms with Crippen molar-refractivity contribution in [1.82, 2.24) is 0 Å². The molecule has 17 heavy (non-hydrogen) atoms. The lowest BCUT2D eigenvalue weighted by Crippen LogP contribution is -2.50. The highest BCUT2D eigenvalue weighted by molar-refractivity contribution is 5.98. The molecule has 0 spiro atoms. The van der Waals surface area contributed by atoms with E-state index in [-0.39, 0.29) is 5.91 Å². The number of carbonyl (C=O) groups excluding carboxylic acids is 1. The van der Waals surface area contributed by atoms with Gasteiger partial charge < -0.3 is 11.1 Å². The molecule has 3 N–H and O–H groups in total. The van der Waals surface area contributed by atoms with Gasteiger partial charge in [-0.15, -0.1) is 0 Å². The molecule has 3 heteroatoms. The second-order valence-electron chi connectivity index (χ2n) is 5.02. The molecule has 1 unspecified atom stereocenters. The molecule has 1 aromatic carbocycles. The summed E-state index contributed by atoms with van der Waals surface area (Å²) in [4.78, 5) is 12.1. The zero-order valence-corrected chi connectivity index (χ0v) is 10.5. The third-order valence-corrected chi connectivity index (χ3v) is 3.56. The molecule has 1 amide bonds. The van der Waals surface area contributed by atoms with Crippen molar-refractivity contribution in [2.75, 3.05) is 5.32 Å². The summed E-state index contributed by atoms with van der Waals surface area (Å²) in [6.45, 7) is 3.90. The molecule has 2 rings (SSSR count). The Morgan fingerprint density at radius 2 is 2.12 bits per heavy atom. The molecule has 1 saturated carbocycles. The zero-order valence-electron chi connectivity index (χ0n) is 10.5. The van der Waals surface area contributed by atoms with E-state index in [0.29, 0.717) is 5.92 Å². The number of nitrogens with two attached hydrogens (primary N) is 1. The molecular formula is C14H20N2O. The fourth-order valence-electron chi connectivity index (χ4n) is 2.08. The lowest BCUT2D eigenvalue weighted by atomic mass is 9.96. The van der Waals surface area contributed by atoms with Gasteiger partial charge in [-0.05, 0) is 43.7 Å². The van der Waals surface area contributed by atoms with Gasteiger partial charge in [0, 0.05) is 5.69 Å². The van der Waals surface area contributed by atoms with Crippen LogP contribution in [-0.4, -0.2) is 11.4 Å². The lowest BCUT2D eigenvalue weighted by molar-refractivity contribution is -0.121. The molecule has 1 atom stereocenters. The van der Waals surface area contributed by atoms with Crippen molar-refractivity contribution in [2.24, 2.45) is 11.7 Å². The van der Waals surface area contributed by atoms with E-state index in [9.17, 15) is 4.79 Å². The van der Waals surface area contributed by atoms with Crippen molar-refractivity contribution in [3.63, 3.8) is 0 Å². The first-order valence-corrected chi connectivity index (χ1v) is 6.24. The fourth-order valence-corrected chi connectivity index (χ4v) is 2.08. The maximum absolute atomic E-state index is 12.1. The van der Waals surface area contributed by atoms with E-state index >= 15 is 0 Å². The summed E-state index contributed by atoms with van der Waals surface area (Å²) in [7, 11) is 0. The molecule has 1 fully saturated rings. The number of benzene rings is 1. The molecule has 3 nitrogen and oxygen atoms in total. The minimum atomic E-state index is -0.735.